The van der Waals surface area contributed by atoms with Crippen molar-refractivity contribution in [2.75, 3.05) is 105 Å². The van der Waals surface area contributed by atoms with Crippen LogP contribution in [0.25, 0.3) is 0 Å². The van der Waals surface area contributed by atoms with Crippen LogP contribution in [-0.4, -0.2) is 116 Å². The largest absolute Gasteiger partial charge is 0.489 e. The van der Waals surface area contributed by atoms with Crippen molar-refractivity contribution in [3.8, 4) is 5.75 Å². The minimum atomic E-state index is -0.505. The van der Waals surface area contributed by atoms with Gasteiger partial charge in [-0.25, -0.2) is 4.79 Å². The summed E-state index contributed by atoms with van der Waals surface area (Å²) in [6, 6.07) is 7.36. The molecule has 214 valence electrons. The van der Waals surface area contributed by atoms with Crippen LogP contribution in [0.2, 0.25) is 0 Å². The lowest BCUT2D eigenvalue weighted by Crippen LogP contribution is -2.36. The molecule has 1 aromatic rings. The van der Waals surface area contributed by atoms with E-state index in [0.717, 1.165) is 0 Å². The maximum Gasteiger partial charge on any atom is 0.410 e. The standard InChI is InChI=1S/C26H46N2O9/c1-26(2,3)37-25(29)28(4)9-10-30-11-12-31-13-14-32-15-16-33-17-18-34-19-20-35-21-22-36-24-8-6-5-7-23(24)27/h5-8H,9-22,27H2,1-4H3. The van der Waals surface area contributed by atoms with Crippen molar-refractivity contribution in [2.24, 2.45) is 0 Å². The fourth-order valence-electron chi connectivity index (χ4n) is 2.66. The van der Waals surface area contributed by atoms with Gasteiger partial charge >= 0.3 is 6.09 Å². The molecule has 37 heavy (non-hydrogen) atoms. The summed E-state index contributed by atoms with van der Waals surface area (Å²) in [6.07, 6.45) is -0.362. The minimum absolute atomic E-state index is 0.362. The summed E-state index contributed by atoms with van der Waals surface area (Å²) in [7, 11) is 1.68. The number of nitrogens with zero attached hydrogens (tertiary/aromatic N) is 1. The summed E-state index contributed by atoms with van der Waals surface area (Å²) in [6.45, 7) is 12.1. The van der Waals surface area contributed by atoms with Gasteiger partial charge in [-0.1, -0.05) is 12.1 Å². The molecule has 0 bridgehead atoms. The van der Waals surface area contributed by atoms with E-state index in [-0.39, 0.29) is 6.09 Å². The highest BCUT2D eigenvalue weighted by atomic mass is 16.6. The Kier molecular flexibility index (Phi) is 18.5. The fourth-order valence-corrected chi connectivity index (χ4v) is 2.66. The van der Waals surface area contributed by atoms with Gasteiger partial charge in [0.25, 0.3) is 0 Å². The molecule has 0 fully saturated rings. The molecule has 0 unspecified atom stereocenters. The van der Waals surface area contributed by atoms with E-state index in [2.05, 4.69) is 0 Å². The first-order valence-electron chi connectivity index (χ1n) is 12.7. The van der Waals surface area contributed by atoms with Crippen molar-refractivity contribution in [2.45, 2.75) is 26.4 Å². The molecular formula is C26H46N2O9. The third kappa shape index (κ3) is 19.6. The van der Waals surface area contributed by atoms with E-state index in [1.807, 2.05) is 39.0 Å². The Bertz CT molecular complexity index is 701. The fraction of sp³-hybridized carbons (Fsp3) is 0.731. The molecule has 0 aliphatic carbocycles. The van der Waals surface area contributed by atoms with Crippen LogP contribution in [0.15, 0.2) is 24.3 Å². The molecule has 1 rings (SSSR count). The van der Waals surface area contributed by atoms with E-state index in [1.54, 1.807) is 13.1 Å². The van der Waals surface area contributed by atoms with Crippen LogP contribution in [-0.2, 0) is 33.2 Å². The van der Waals surface area contributed by atoms with E-state index in [4.69, 9.17) is 43.6 Å². The number of nitrogens with two attached hydrogens (primary N) is 1. The van der Waals surface area contributed by atoms with Gasteiger partial charge in [0, 0.05) is 13.6 Å². The Morgan fingerprint density at radius 2 is 1.11 bits per heavy atom. The molecule has 0 aliphatic rings. The third-order valence-electron chi connectivity index (χ3n) is 4.54. The van der Waals surface area contributed by atoms with E-state index in [9.17, 15) is 4.79 Å². The average Bonchev–Trinajstić information content (AvgIpc) is 2.84. The first-order valence-corrected chi connectivity index (χ1v) is 12.7. The molecule has 0 saturated carbocycles. The molecule has 0 radical (unpaired) electrons. The zero-order chi connectivity index (χ0) is 27.2. The van der Waals surface area contributed by atoms with Gasteiger partial charge in [0.1, 0.15) is 18.0 Å². The predicted molar refractivity (Wildman–Crippen MR) is 140 cm³/mol. The number of hydrogen-bond acceptors (Lipinski definition) is 10. The highest BCUT2D eigenvalue weighted by Crippen LogP contribution is 2.19. The summed E-state index contributed by atoms with van der Waals surface area (Å²) < 4.78 is 43.5. The van der Waals surface area contributed by atoms with Crippen LogP contribution in [0.1, 0.15) is 20.8 Å². The molecule has 11 nitrogen and oxygen atoms in total. The summed E-state index contributed by atoms with van der Waals surface area (Å²) in [5, 5.41) is 0. The lowest BCUT2D eigenvalue weighted by Gasteiger charge is -2.24. The zero-order valence-electron chi connectivity index (χ0n) is 22.9. The Labute approximate surface area is 221 Å². The van der Waals surface area contributed by atoms with Gasteiger partial charge < -0.3 is 48.5 Å². The second kappa shape index (κ2) is 20.9. The van der Waals surface area contributed by atoms with Gasteiger partial charge in [0.05, 0.1) is 85.0 Å². The molecule has 0 aliphatic heterocycles. The second-order valence-electron chi connectivity index (χ2n) is 8.96. The SMILES string of the molecule is CN(CCOCCOCCOCCOCCOCCOCCOc1ccccc1N)C(=O)OC(C)(C)C. The second-order valence-corrected chi connectivity index (χ2v) is 8.96. The predicted octanol–water partition coefficient (Wildman–Crippen LogP) is 2.61. The summed E-state index contributed by atoms with van der Waals surface area (Å²) in [5.74, 6) is 0.666. The van der Waals surface area contributed by atoms with Crippen molar-refractivity contribution in [3.05, 3.63) is 24.3 Å². The topological polar surface area (TPSA) is 120 Å². The quantitative estimate of drug-likeness (QED) is 0.177. The molecular weight excluding hydrogens is 484 g/mol. The van der Waals surface area contributed by atoms with Gasteiger partial charge in [0.15, 0.2) is 0 Å². The normalized spacial score (nSPS) is 11.5. The molecule has 1 aromatic carbocycles. The number of amides is 1. The van der Waals surface area contributed by atoms with Crippen molar-refractivity contribution >= 4 is 11.8 Å². The lowest BCUT2D eigenvalue weighted by molar-refractivity contribution is -0.0188. The molecule has 0 spiro atoms. The van der Waals surface area contributed by atoms with Crippen LogP contribution in [0, 0.1) is 0 Å². The Morgan fingerprint density at radius 3 is 1.54 bits per heavy atom. The first-order chi connectivity index (χ1) is 17.8. The molecule has 0 heterocycles. The number of rotatable bonds is 22. The van der Waals surface area contributed by atoms with Crippen molar-refractivity contribution in [1.29, 1.82) is 0 Å². The highest BCUT2D eigenvalue weighted by Gasteiger charge is 2.19. The van der Waals surface area contributed by atoms with Crippen LogP contribution in [0.4, 0.5) is 10.5 Å². The number of nitrogen functional groups attached to an aromatic ring is 1. The number of carbonyl (C=O) groups is 1. The third-order valence-corrected chi connectivity index (χ3v) is 4.54. The monoisotopic (exact) mass is 530 g/mol. The first kappa shape index (κ1) is 32.9. The van der Waals surface area contributed by atoms with Crippen molar-refractivity contribution < 1.29 is 42.7 Å². The van der Waals surface area contributed by atoms with Crippen LogP contribution >= 0.6 is 0 Å². The number of anilines is 1. The van der Waals surface area contributed by atoms with Crippen molar-refractivity contribution in [3.63, 3.8) is 0 Å². The smallest absolute Gasteiger partial charge is 0.410 e. The van der Waals surface area contributed by atoms with Gasteiger partial charge in [-0.3, -0.25) is 0 Å². The molecule has 0 aromatic heterocycles. The zero-order valence-corrected chi connectivity index (χ0v) is 22.9. The van der Waals surface area contributed by atoms with Gasteiger partial charge in [-0.2, -0.15) is 0 Å². The van der Waals surface area contributed by atoms with Crippen LogP contribution in [0.5, 0.6) is 5.75 Å². The summed E-state index contributed by atoms with van der Waals surface area (Å²) in [5.41, 5.74) is 5.91. The number of hydrogen-bond donors (Lipinski definition) is 1. The number of para-hydroxylation sites is 2. The Balaban J connectivity index is 1.74. The Hall–Kier alpha value is -2.15. The minimum Gasteiger partial charge on any atom is -0.489 e. The molecule has 11 heteroatoms. The highest BCUT2D eigenvalue weighted by molar-refractivity contribution is 5.67. The van der Waals surface area contributed by atoms with E-state index in [0.29, 0.717) is 104 Å². The maximum absolute atomic E-state index is 11.8. The van der Waals surface area contributed by atoms with E-state index < -0.39 is 5.60 Å². The van der Waals surface area contributed by atoms with E-state index in [1.165, 1.54) is 4.90 Å². The summed E-state index contributed by atoms with van der Waals surface area (Å²) in [4.78, 5) is 13.3. The number of carbonyl (C=O) groups excluding carboxylic acids is 1. The summed E-state index contributed by atoms with van der Waals surface area (Å²) >= 11 is 0. The number of benzene rings is 1. The van der Waals surface area contributed by atoms with Gasteiger partial charge in [0.2, 0.25) is 0 Å². The van der Waals surface area contributed by atoms with Gasteiger partial charge in [-0.15, -0.1) is 0 Å². The molecule has 2 N–H and O–H groups in total. The number of likely N-dealkylation sites (N-methyl/N-ethyl adjacent to an activating group) is 1. The van der Waals surface area contributed by atoms with Crippen LogP contribution in [0.3, 0.4) is 0 Å². The molecule has 0 atom stereocenters. The van der Waals surface area contributed by atoms with Crippen molar-refractivity contribution in [1.82, 2.24) is 4.90 Å². The maximum atomic E-state index is 11.8. The van der Waals surface area contributed by atoms with Gasteiger partial charge in [-0.05, 0) is 32.9 Å². The molecule has 0 saturated heterocycles. The average molecular weight is 531 g/mol. The van der Waals surface area contributed by atoms with Crippen LogP contribution < -0.4 is 10.5 Å². The lowest BCUT2D eigenvalue weighted by atomic mass is 10.2. The molecule has 1 amide bonds. The Morgan fingerprint density at radius 1 is 0.703 bits per heavy atom. The number of ether oxygens (including phenoxy) is 8. The van der Waals surface area contributed by atoms with E-state index >= 15 is 0 Å².